The molecule has 0 aliphatic carbocycles. The molecule has 0 atom stereocenters. The van der Waals surface area contributed by atoms with Crippen LogP contribution in [0.15, 0.2) is 167 Å². The number of rotatable bonds is 6. The Labute approximate surface area is 406 Å². The van der Waals surface area contributed by atoms with Gasteiger partial charge in [-0.3, -0.25) is 0 Å². The summed E-state index contributed by atoms with van der Waals surface area (Å²) in [5.41, 5.74) is 13.1. The van der Waals surface area contributed by atoms with Crippen LogP contribution < -0.4 is 0 Å². The van der Waals surface area contributed by atoms with Gasteiger partial charge in [0.2, 0.25) is 0 Å². The van der Waals surface area contributed by atoms with E-state index in [4.69, 9.17) is 25.9 Å². The Morgan fingerprint density at radius 3 is 1.20 bits per heavy atom. The molecule has 0 fully saturated rings. The van der Waals surface area contributed by atoms with Crippen LogP contribution in [0, 0.1) is 0 Å². The molecule has 0 aliphatic heterocycles. The average Bonchev–Trinajstić information content (AvgIpc) is 4.13. The van der Waals surface area contributed by atoms with Gasteiger partial charge in [0.15, 0.2) is 0 Å². The summed E-state index contributed by atoms with van der Waals surface area (Å²) in [4.78, 5) is 0. The van der Waals surface area contributed by atoms with Gasteiger partial charge in [-0.2, -0.15) is 0 Å². The molecular weight excluding hydrogens is 943 g/mol. The van der Waals surface area contributed by atoms with E-state index in [2.05, 4.69) is 214 Å². The molecule has 2 nitrogen and oxygen atoms in total. The van der Waals surface area contributed by atoms with Gasteiger partial charge in [-0.1, -0.05) is 187 Å². The monoisotopic (exact) mass is 1000 g/mol. The summed E-state index contributed by atoms with van der Waals surface area (Å²) in [6.07, 6.45) is 5.73. The van der Waals surface area contributed by atoms with Gasteiger partial charge in [-0.05, 0) is 67.8 Å². The molecule has 8 aromatic carbocycles. The van der Waals surface area contributed by atoms with Crippen molar-refractivity contribution in [2.24, 2.45) is 0 Å². The van der Waals surface area contributed by atoms with Crippen LogP contribution in [-0.2, 0) is 41.7 Å². The molecule has 2 aromatic heterocycles. The molecule has 0 amide bonds. The van der Waals surface area contributed by atoms with Crippen molar-refractivity contribution in [1.82, 2.24) is 0 Å². The molecule has 6 heteroatoms. The molecule has 0 bridgehead atoms. The zero-order valence-corrected chi connectivity index (χ0v) is 45.0. The Kier molecular flexibility index (Phi) is 14.4. The zero-order chi connectivity index (χ0) is 46.9. The third-order valence-corrected chi connectivity index (χ3v) is 32.5. The average molecular weight is 1000 g/mol. The van der Waals surface area contributed by atoms with E-state index in [-0.39, 0.29) is 16.3 Å². The van der Waals surface area contributed by atoms with E-state index in [1.54, 1.807) is 0 Å². The molecule has 0 saturated heterocycles. The Hall–Kier alpha value is -4.70. The van der Waals surface area contributed by atoms with Gasteiger partial charge in [0, 0.05) is 10.8 Å². The first-order valence-corrected chi connectivity index (χ1v) is 35.7. The number of hydrogen-bond donors (Lipinski definition) is 0. The third kappa shape index (κ3) is 10.1. The van der Waals surface area contributed by atoms with E-state index < -0.39 is 18.0 Å². The van der Waals surface area contributed by atoms with Gasteiger partial charge in [0.05, 0.1) is 24.0 Å². The van der Waals surface area contributed by atoms with Gasteiger partial charge >= 0.3 is 53.5 Å². The number of halogens is 2. The molecule has 0 aliphatic rings. The Morgan fingerprint density at radius 2 is 0.864 bits per heavy atom. The third-order valence-electron chi connectivity index (χ3n) is 12.7. The SMILES string of the molecule is CCc1ccc2[cH-]c(-c3occ4ccccc34)cc2c1-c1ccc(C(C)(C)C)cc1.CCc1ccc2[cH-]c(-c3occ4ccccc34)cc2c1-c1ccc(C(C)(C)C)cc1.C[Si](C)=[Zr]([Cl])[Cl]. The van der Waals surface area contributed by atoms with Gasteiger partial charge < -0.3 is 8.83 Å². The van der Waals surface area contributed by atoms with E-state index in [1.807, 2.05) is 12.5 Å². The molecule has 10 aromatic rings. The maximum absolute atomic E-state index is 5.99. The topological polar surface area (TPSA) is 26.3 Å². The summed E-state index contributed by atoms with van der Waals surface area (Å²) < 4.78 is 12.0. The molecule has 336 valence electrons. The van der Waals surface area contributed by atoms with Crippen LogP contribution in [0.5, 0.6) is 0 Å². The van der Waals surface area contributed by atoms with Crippen molar-refractivity contribution in [3.63, 3.8) is 0 Å². The summed E-state index contributed by atoms with van der Waals surface area (Å²) in [6, 6.07) is 53.1. The van der Waals surface area contributed by atoms with Crippen molar-refractivity contribution in [3.05, 3.63) is 180 Å². The second kappa shape index (κ2) is 19.9. The van der Waals surface area contributed by atoms with Crippen LogP contribution in [0.3, 0.4) is 0 Å². The number of fused-ring (bicyclic) bond motifs is 4. The van der Waals surface area contributed by atoms with Crippen LogP contribution >= 0.6 is 17.0 Å². The number of benzene rings is 6. The summed E-state index contributed by atoms with van der Waals surface area (Å²) in [5, 5.41) is 9.74. The molecule has 66 heavy (non-hydrogen) atoms. The van der Waals surface area contributed by atoms with Crippen LogP contribution in [-0.4, -0.2) is 5.43 Å². The van der Waals surface area contributed by atoms with Crippen molar-refractivity contribution in [2.75, 3.05) is 0 Å². The molecule has 0 N–H and O–H groups in total. The predicted molar refractivity (Wildman–Crippen MR) is 286 cm³/mol. The van der Waals surface area contributed by atoms with Crippen molar-refractivity contribution in [1.29, 1.82) is 0 Å². The van der Waals surface area contributed by atoms with Gasteiger partial charge in [0.1, 0.15) is 0 Å². The molecule has 10 rings (SSSR count). The second-order valence-corrected chi connectivity index (χ2v) is 42.6. The van der Waals surface area contributed by atoms with Gasteiger partial charge in [0.25, 0.3) is 0 Å². The molecular formula is C60H60Cl2O2SiZr-2. The molecule has 0 saturated carbocycles. The van der Waals surface area contributed by atoms with Crippen molar-refractivity contribution in [2.45, 2.75) is 92.2 Å². The van der Waals surface area contributed by atoms with Crippen molar-refractivity contribution >= 4 is 65.5 Å². The summed E-state index contributed by atoms with van der Waals surface area (Å²) in [7, 11) is 11.2. The summed E-state index contributed by atoms with van der Waals surface area (Å²) in [5.74, 6) is 1.91. The fourth-order valence-corrected chi connectivity index (χ4v) is 8.89. The standard InChI is InChI=1S/2C29H27O.C2H6Si.2ClH.Zr/c2*1-5-19-10-11-21-16-23(28-25-9-7-6-8-22(25)18-30-28)17-26(21)27(19)20-12-14-24(15-13-20)29(2,3)4;1-3-2;;;/h2*6-18H,5H2,1-4H3;1-2H3;2*1H;/q2*-1;;;;+2/p-2. The minimum atomic E-state index is -1.65. The van der Waals surface area contributed by atoms with Gasteiger partial charge in [-0.15, -0.1) is 57.9 Å². The van der Waals surface area contributed by atoms with Crippen LogP contribution in [0.2, 0.25) is 13.1 Å². The summed E-state index contributed by atoms with van der Waals surface area (Å²) >= 11 is -1.65. The quantitative estimate of drug-likeness (QED) is 0.123. The van der Waals surface area contributed by atoms with E-state index in [0.717, 1.165) is 46.3 Å². The first kappa shape index (κ1) is 47.8. The fraction of sp³-hybridized carbons (Fsp3) is 0.233. The number of furan rings is 2. The summed E-state index contributed by atoms with van der Waals surface area (Å²) in [6.45, 7) is 22.4. The van der Waals surface area contributed by atoms with E-state index in [0.29, 0.717) is 0 Å². The Morgan fingerprint density at radius 1 is 0.500 bits per heavy atom. The molecule has 2 heterocycles. The van der Waals surface area contributed by atoms with Gasteiger partial charge in [-0.25, -0.2) is 0 Å². The fourth-order valence-electron chi connectivity index (χ4n) is 8.89. The normalized spacial score (nSPS) is 11.8. The van der Waals surface area contributed by atoms with Crippen molar-refractivity contribution < 1.29 is 26.8 Å². The first-order chi connectivity index (χ1) is 31.5. The Balaban J connectivity index is 0.000000160. The van der Waals surface area contributed by atoms with Crippen LogP contribution in [0.4, 0.5) is 0 Å². The van der Waals surface area contributed by atoms with E-state index in [9.17, 15) is 0 Å². The Bertz CT molecular complexity index is 3090. The first-order valence-electron chi connectivity index (χ1n) is 23.1. The molecule has 0 unspecified atom stereocenters. The predicted octanol–water partition coefficient (Wildman–Crippen LogP) is 19.2. The minimum absolute atomic E-state index is 0.159. The second-order valence-electron chi connectivity index (χ2n) is 19.6. The van der Waals surface area contributed by atoms with Crippen LogP contribution in [0.25, 0.3) is 88.0 Å². The zero-order valence-electron chi connectivity index (χ0n) is 40.0. The maximum atomic E-state index is 5.99. The van der Waals surface area contributed by atoms with E-state index in [1.165, 1.54) is 76.8 Å². The number of hydrogen-bond acceptors (Lipinski definition) is 2. The van der Waals surface area contributed by atoms with Crippen LogP contribution in [0.1, 0.15) is 77.6 Å². The van der Waals surface area contributed by atoms with Crippen molar-refractivity contribution in [3.8, 4) is 44.9 Å². The molecule has 0 spiro atoms. The molecule has 0 radical (unpaired) electrons. The number of aryl methyl sites for hydroxylation is 2. The van der Waals surface area contributed by atoms with E-state index >= 15 is 0 Å².